The number of nitrogens with zero attached hydrogens (tertiary/aromatic N) is 4. The van der Waals surface area contributed by atoms with Crippen molar-refractivity contribution in [3.05, 3.63) is 23.9 Å². The molecule has 5 nitrogen and oxygen atoms in total. The molecular formula is C17H26N4O. The third kappa shape index (κ3) is 3.58. The van der Waals surface area contributed by atoms with Gasteiger partial charge in [-0.3, -0.25) is 4.79 Å². The van der Waals surface area contributed by atoms with Gasteiger partial charge in [0.25, 0.3) is 5.91 Å². The van der Waals surface area contributed by atoms with E-state index in [9.17, 15) is 4.79 Å². The van der Waals surface area contributed by atoms with E-state index in [-0.39, 0.29) is 5.91 Å². The predicted octanol–water partition coefficient (Wildman–Crippen LogP) is 1.85. The van der Waals surface area contributed by atoms with Crippen molar-refractivity contribution < 1.29 is 4.79 Å². The maximum atomic E-state index is 12.6. The quantitative estimate of drug-likeness (QED) is 0.836. The Hall–Kier alpha value is -1.62. The first-order valence-electron chi connectivity index (χ1n) is 8.44. The number of carbonyl (C=O) groups excluding carboxylic acids is 1. The zero-order chi connectivity index (χ0) is 15.4. The van der Waals surface area contributed by atoms with Gasteiger partial charge >= 0.3 is 0 Å². The first-order valence-corrected chi connectivity index (χ1v) is 8.44. The fraction of sp³-hybridized carbons (Fsp3) is 0.647. The molecule has 2 saturated heterocycles. The SMILES string of the molecule is CN1CCN(C(=O)c2cccc(N3CCCCCC3)n2)CC1. The molecule has 120 valence electrons. The largest absolute Gasteiger partial charge is 0.357 e. The molecule has 0 aliphatic carbocycles. The molecule has 2 aliphatic rings. The van der Waals surface area contributed by atoms with Crippen LogP contribution in [0.3, 0.4) is 0 Å². The van der Waals surface area contributed by atoms with E-state index < -0.39 is 0 Å². The Balaban J connectivity index is 1.71. The lowest BCUT2D eigenvalue weighted by molar-refractivity contribution is 0.0658. The van der Waals surface area contributed by atoms with Crippen molar-refractivity contribution in [2.24, 2.45) is 0 Å². The van der Waals surface area contributed by atoms with Crippen LogP contribution >= 0.6 is 0 Å². The third-order valence-corrected chi connectivity index (χ3v) is 4.67. The Morgan fingerprint density at radius 1 is 0.955 bits per heavy atom. The molecule has 0 unspecified atom stereocenters. The molecule has 0 aromatic carbocycles. The molecule has 0 atom stereocenters. The number of piperazine rings is 1. The van der Waals surface area contributed by atoms with Gasteiger partial charge in [0, 0.05) is 39.3 Å². The standard InChI is InChI=1S/C17H26N4O/c1-19-11-13-21(14-12-19)17(22)15-7-6-8-16(18-15)20-9-4-2-3-5-10-20/h6-8H,2-5,9-14H2,1H3. The van der Waals surface area contributed by atoms with Crippen LogP contribution in [0.4, 0.5) is 5.82 Å². The minimum absolute atomic E-state index is 0.0739. The molecule has 1 aromatic rings. The van der Waals surface area contributed by atoms with Crippen LogP contribution in [0.15, 0.2) is 18.2 Å². The van der Waals surface area contributed by atoms with Gasteiger partial charge in [0.15, 0.2) is 0 Å². The van der Waals surface area contributed by atoms with Crippen LogP contribution < -0.4 is 4.90 Å². The van der Waals surface area contributed by atoms with Crippen LogP contribution in [0.2, 0.25) is 0 Å². The summed E-state index contributed by atoms with van der Waals surface area (Å²) in [7, 11) is 2.10. The van der Waals surface area contributed by atoms with E-state index in [2.05, 4.69) is 21.8 Å². The Morgan fingerprint density at radius 2 is 1.64 bits per heavy atom. The minimum atomic E-state index is 0.0739. The number of hydrogen-bond donors (Lipinski definition) is 0. The van der Waals surface area contributed by atoms with E-state index >= 15 is 0 Å². The molecular weight excluding hydrogens is 276 g/mol. The Morgan fingerprint density at radius 3 is 2.32 bits per heavy atom. The van der Waals surface area contributed by atoms with Gasteiger partial charge in [-0.15, -0.1) is 0 Å². The number of hydrogen-bond acceptors (Lipinski definition) is 4. The van der Waals surface area contributed by atoms with E-state index in [0.29, 0.717) is 5.69 Å². The highest BCUT2D eigenvalue weighted by molar-refractivity contribution is 5.92. The van der Waals surface area contributed by atoms with Crippen LogP contribution in [0.5, 0.6) is 0 Å². The molecule has 3 heterocycles. The summed E-state index contributed by atoms with van der Waals surface area (Å²) in [5.41, 5.74) is 0.589. The molecule has 1 aromatic heterocycles. The van der Waals surface area contributed by atoms with Crippen molar-refractivity contribution >= 4 is 11.7 Å². The van der Waals surface area contributed by atoms with Crippen LogP contribution in [0.1, 0.15) is 36.2 Å². The average molecular weight is 302 g/mol. The number of pyridine rings is 1. The smallest absolute Gasteiger partial charge is 0.272 e. The van der Waals surface area contributed by atoms with Gasteiger partial charge in [0.05, 0.1) is 0 Å². The number of anilines is 1. The summed E-state index contributed by atoms with van der Waals surface area (Å²) in [6, 6.07) is 5.85. The molecule has 0 radical (unpaired) electrons. The monoisotopic (exact) mass is 302 g/mol. The van der Waals surface area contributed by atoms with E-state index in [1.807, 2.05) is 23.1 Å². The first kappa shape index (κ1) is 15.3. The highest BCUT2D eigenvalue weighted by Crippen LogP contribution is 2.18. The van der Waals surface area contributed by atoms with Gasteiger partial charge in [-0.1, -0.05) is 18.9 Å². The van der Waals surface area contributed by atoms with Crippen LogP contribution in [0.25, 0.3) is 0 Å². The number of carbonyl (C=O) groups is 1. The second kappa shape index (κ2) is 7.09. The molecule has 1 amide bonds. The first-order chi connectivity index (χ1) is 10.7. The summed E-state index contributed by atoms with van der Waals surface area (Å²) in [6.45, 7) is 5.59. The zero-order valence-corrected chi connectivity index (χ0v) is 13.5. The van der Waals surface area contributed by atoms with Crippen molar-refractivity contribution in [1.82, 2.24) is 14.8 Å². The highest BCUT2D eigenvalue weighted by Gasteiger charge is 2.22. The topological polar surface area (TPSA) is 39.7 Å². The van der Waals surface area contributed by atoms with Gasteiger partial charge in [0.1, 0.15) is 11.5 Å². The number of likely N-dealkylation sites (N-methyl/N-ethyl adjacent to an activating group) is 1. The summed E-state index contributed by atoms with van der Waals surface area (Å²) in [5, 5.41) is 0. The van der Waals surface area contributed by atoms with Crippen LogP contribution in [-0.2, 0) is 0 Å². The van der Waals surface area contributed by atoms with Crippen LogP contribution in [0, 0.1) is 0 Å². The lowest BCUT2D eigenvalue weighted by Crippen LogP contribution is -2.47. The number of aromatic nitrogens is 1. The summed E-state index contributed by atoms with van der Waals surface area (Å²) in [6.07, 6.45) is 5.05. The van der Waals surface area contributed by atoms with Gasteiger partial charge in [-0.05, 0) is 32.0 Å². The Labute approximate surface area is 132 Å². The Kier molecular flexibility index (Phi) is 4.93. The normalized spacial score (nSPS) is 20.8. The molecule has 0 saturated carbocycles. The number of rotatable bonds is 2. The molecule has 0 N–H and O–H groups in total. The summed E-state index contributed by atoms with van der Waals surface area (Å²) in [5.74, 6) is 1.03. The lowest BCUT2D eigenvalue weighted by Gasteiger charge is -2.32. The van der Waals surface area contributed by atoms with E-state index in [1.165, 1.54) is 25.7 Å². The van der Waals surface area contributed by atoms with Gasteiger partial charge < -0.3 is 14.7 Å². The lowest BCUT2D eigenvalue weighted by atomic mass is 10.2. The fourth-order valence-corrected chi connectivity index (χ4v) is 3.19. The van der Waals surface area contributed by atoms with Crippen molar-refractivity contribution in [2.45, 2.75) is 25.7 Å². The Bertz CT molecular complexity index is 503. The second-order valence-corrected chi connectivity index (χ2v) is 6.38. The van der Waals surface area contributed by atoms with Crippen LogP contribution in [-0.4, -0.2) is 67.0 Å². The van der Waals surface area contributed by atoms with E-state index in [4.69, 9.17) is 0 Å². The van der Waals surface area contributed by atoms with E-state index in [0.717, 1.165) is 45.1 Å². The highest BCUT2D eigenvalue weighted by atomic mass is 16.2. The zero-order valence-electron chi connectivity index (χ0n) is 13.5. The molecule has 22 heavy (non-hydrogen) atoms. The fourth-order valence-electron chi connectivity index (χ4n) is 3.19. The maximum absolute atomic E-state index is 12.6. The van der Waals surface area contributed by atoms with Gasteiger partial charge in [0.2, 0.25) is 0 Å². The van der Waals surface area contributed by atoms with Crippen molar-refractivity contribution in [2.75, 3.05) is 51.2 Å². The molecule has 0 spiro atoms. The van der Waals surface area contributed by atoms with Crippen molar-refractivity contribution in [1.29, 1.82) is 0 Å². The van der Waals surface area contributed by atoms with E-state index in [1.54, 1.807) is 0 Å². The molecule has 5 heteroatoms. The molecule has 3 rings (SSSR count). The maximum Gasteiger partial charge on any atom is 0.272 e. The predicted molar refractivity (Wildman–Crippen MR) is 88.3 cm³/mol. The second-order valence-electron chi connectivity index (χ2n) is 6.38. The third-order valence-electron chi connectivity index (χ3n) is 4.67. The number of amides is 1. The molecule has 0 bridgehead atoms. The van der Waals surface area contributed by atoms with Gasteiger partial charge in [-0.2, -0.15) is 0 Å². The average Bonchev–Trinajstić information content (AvgIpc) is 2.84. The summed E-state index contributed by atoms with van der Waals surface area (Å²) < 4.78 is 0. The molecule has 2 aliphatic heterocycles. The summed E-state index contributed by atoms with van der Waals surface area (Å²) in [4.78, 5) is 23.8. The minimum Gasteiger partial charge on any atom is -0.357 e. The molecule has 2 fully saturated rings. The van der Waals surface area contributed by atoms with Crippen molar-refractivity contribution in [3.63, 3.8) is 0 Å². The van der Waals surface area contributed by atoms with Gasteiger partial charge in [-0.25, -0.2) is 4.98 Å². The summed E-state index contributed by atoms with van der Waals surface area (Å²) >= 11 is 0. The van der Waals surface area contributed by atoms with Crippen molar-refractivity contribution in [3.8, 4) is 0 Å².